The third-order valence-electron chi connectivity index (χ3n) is 4.90. The molecule has 0 bridgehead atoms. The van der Waals surface area contributed by atoms with Crippen molar-refractivity contribution in [2.45, 2.75) is 26.7 Å². The van der Waals surface area contributed by atoms with E-state index in [4.69, 9.17) is 23.9 Å². The van der Waals surface area contributed by atoms with Crippen LogP contribution in [0.4, 0.5) is 0 Å². The van der Waals surface area contributed by atoms with E-state index in [-0.39, 0.29) is 0 Å². The van der Waals surface area contributed by atoms with Crippen LogP contribution in [0.3, 0.4) is 0 Å². The summed E-state index contributed by atoms with van der Waals surface area (Å²) >= 11 is 0. The number of rotatable bonds is 11. The molecule has 0 radical (unpaired) electrons. The van der Waals surface area contributed by atoms with Gasteiger partial charge in [0.15, 0.2) is 17.5 Å². The number of ether oxygens (including phenoxy) is 4. The second-order valence-corrected chi connectivity index (χ2v) is 7.00. The van der Waals surface area contributed by atoms with Crippen molar-refractivity contribution < 1.29 is 18.9 Å². The van der Waals surface area contributed by atoms with Crippen LogP contribution in [0.1, 0.15) is 23.6 Å². The maximum absolute atomic E-state index is 5.56. The molecule has 2 aromatic rings. The van der Waals surface area contributed by atoms with Crippen molar-refractivity contribution in [1.29, 1.82) is 0 Å². The van der Waals surface area contributed by atoms with Crippen molar-refractivity contribution in [3.8, 4) is 23.0 Å². The van der Waals surface area contributed by atoms with Crippen LogP contribution in [0.15, 0.2) is 35.3 Å². The van der Waals surface area contributed by atoms with E-state index < -0.39 is 0 Å². The number of aryl methyl sites for hydroxylation is 1. The first-order valence-electron chi connectivity index (χ1n) is 10.5. The summed E-state index contributed by atoms with van der Waals surface area (Å²) in [5.41, 5.74) is 3.42. The fourth-order valence-electron chi connectivity index (χ4n) is 3.41. The Kier molecular flexibility index (Phi) is 9.81. The molecule has 0 unspecified atom stereocenters. The zero-order valence-electron chi connectivity index (χ0n) is 19.5. The number of nitrogens with one attached hydrogen (secondary N) is 2. The smallest absolute Gasteiger partial charge is 0.203 e. The largest absolute Gasteiger partial charge is 0.496 e. The summed E-state index contributed by atoms with van der Waals surface area (Å²) < 4.78 is 21.9. The molecule has 31 heavy (non-hydrogen) atoms. The molecule has 2 rings (SSSR count). The molecule has 0 atom stereocenters. The fraction of sp³-hybridized carbons (Fsp3) is 0.458. The molecule has 0 aliphatic heterocycles. The molecular formula is C24H35N3O4. The second-order valence-electron chi connectivity index (χ2n) is 7.00. The first-order valence-corrected chi connectivity index (χ1v) is 10.5. The highest BCUT2D eigenvalue weighted by atomic mass is 16.5. The van der Waals surface area contributed by atoms with E-state index in [0.29, 0.717) is 30.2 Å². The summed E-state index contributed by atoms with van der Waals surface area (Å²) in [6, 6.07) is 10.1. The highest BCUT2D eigenvalue weighted by Gasteiger charge is 2.15. The minimum Gasteiger partial charge on any atom is -0.496 e. The standard InChI is InChI=1S/C24H35N3O4/c1-7-25-24(27-15-13-19-16-17(2)8-10-20(19)28-3)26-14-12-18-9-11-21(29-4)23(31-6)22(18)30-5/h8-11,16H,7,12-15H2,1-6H3,(H2,25,26,27). The van der Waals surface area contributed by atoms with E-state index in [1.54, 1.807) is 28.4 Å². The van der Waals surface area contributed by atoms with E-state index in [1.807, 2.05) is 18.2 Å². The monoisotopic (exact) mass is 429 g/mol. The van der Waals surface area contributed by atoms with E-state index in [1.165, 1.54) is 11.1 Å². The van der Waals surface area contributed by atoms with E-state index in [9.17, 15) is 0 Å². The Hall–Kier alpha value is -3.09. The van der Waals surface area contributed by atoms with E-state index >= 15 is 0 Å². The number of guanidine groups is 1. The zero-order valence-corrected chi connectivity index (χ0v) is 19.5. The molecule has 0 aliphatic carbocycles. The average molecular weight is 430 g/mol. The molecule has 0 saturated carbocycles. The molecule has 7 nitrogen and oxygen atoms in total. The first kappa shape index (κ1) is 24.2. The van der Waals surface area contributed by atoms with Gasteiger partial charge in [0.2, 0.25) is 5.75 Å². The van der Waals surface area contributed by atoms with Gasteiger partial charge in [-0.05, 0) is 44.4 Å². The molecule has 170 valence electrons. The van der Waals surface area contributed by atoms with Crippen LogP contribution in [0.5, 0.6) is 23.0 Å². The third-order valence-corrected chi connectivity index (χ3v) is 4.90. The van der Waals surface area contributed by atoms with Gasteiger partial charge in [0.25, 0.3) is 0 Å². The molecule has 2 aromatic carbocycles. The van der Waals surface area contributed by atoms with Crippen molar-refractivity contribution in [2.75, 3.05) is 48.1 Å². The van der Waals surface area contributed by atoms with Gasteiger partial charge < -0.3 is 29.6 Å². The quantitative estimate of drug-likeness (QED) is 0.422. The summed E-state index contributed by atoms with van der Waals surface area (Å²) in [7, 11) is 6.56. The molecular weight excluding hydrogens is 394 g/mol. The zero-order chi connectivity index (χ0) is 22.6. The van der Waals surface area contributed by atoms with Crippen molar-refractivity contribution in [3.05, 3.63) is 47.0 Å². The van der Waals surface area contributed by atoms with Crippen LogP contribution in [-0.4, -0.2) is 54.0 Å². The maximum atomic E-state index is 5.56. The Morgan fingerprint density at radius 2 is 1.52 bits per heavy atom. The summed E-state index contributed by atoms with van der Waals surface area (Å²) in [5, 5.41) is 6.70. The Morgan fingerprint density at radius 1 is 0.806 bits per heavy atom. The normalized spacial score (nSPS) is 11.1. The second kappa shape index (κ2) is 12.6. The lowest BCUT2D eigenvalue weighted by molar-refractivity contribution is 0.322. The Morgan fingerprint density at radius 3 is 2.16 bits per heavy atom. The molecule has 2 N–H and O–H groups in total. The Balaban J connectivity index is 2.01. The number of hydrogen-bond donors (Lipinski definition) is 2. The highest BCUT2D eigenvalue weighted by Crippen LogP contribution is 2.39. The number of benzene rings is 2. The molecule has 0 spiro atoms. The molecule has 0 heterocycles. The summed E-state index contributed by atoms with van der Waals surface area (Å²) in [5.74, 6) is 3.63. The minimum absolute atomic E-state index is 0.601. The number of nitrogens with zero attached hydrogens (tertiary/aromatic N) is 1. The van der Waals surface area contributed by atoms with Gasteiger partial charge in [-0.1, -0.05) is 23.8 Å². The predicted molar refractivity (Wildman–Crippen MR) is 125 cm³/mol. The summed E-state index contributed by atoms with van der Waals surface area (Å²) in [4.78, 5) is 4.71. The topological polar surface area (TPSA) is 73.3 Å². The van der Waals surface area contributed by atoms with Gasteiger partial charge in [-0.2, -0.15) is 0 Å². The Labute approximate surface area is 185 Å². The minimum atomic E-state index is 0.601. The lowest BCUT2D eigenvalue weighted by atomic mass is 10.1. The van der Waals surface area contributed by atoms with Crippen LogP contribution in [0.25, 0.3) is 0 Å². The first-order chi connectivity index (χ1) is 15.1. The van der Waals surface area contributed by atoms with Crippen molar-refractivity contribution in [2.24, 2.45) is 4.99 Å². The maximum Gasteiger partial charge on any atom is 0.203 e. The summed E-state index contributed by atoms with van der Waals surface area (Å²) in [6.07, 6.45) is 1.56. The third kappa shape index (κ3) is 6.70. The van der Waals surface area contributed by atoms with Gasteiger partial charge in [0.05, 0.1) is 28.4 Å². The number of aliphatic imine (C=N–C) groups is 1. The molecule has 0 saturated heterocycles. The summed E-state index contributed by atoms with van der Waals surface area (Å²) in [6.45, 7) is 6.29. The predicted octanol–water partition coefficient (Wildman–Crippen LogP) is 3.37. The van der Waals surface area contributed by atoms with E-state index in [2.05, 4.69) is 36.6 Å². The molecule has 0 aromatic heterocycles. The molecule has 0 aliphatic rings. The Bertz CT molecular complexity index is 868. The van der Waals surface area contributed by atoms with Gasteiger partial charge in [-0.3, -0.25) is 4.99 Å². The lowest BCUT2D eigenvalue weighted by Crippen LogP contribution is -2.38. The van der Waals surface area contributed by atoms with Crippen LogP contribution in [-0.2, 0) is 12.8 Å². The molecule has 7 heteroatoms. The number of methoxy groups -OCH3 is 4. The van der Waals surface area contributed by atoms with Gasteiger partial charge in [0.1, 0.15) is 5.75 Å². The van der Waals surface area contributed by atoms with Crippen molar-refractivity contribution >= 4 is 5.96 Å². The van der Waals surface area contributed by atoms with Crippen molar-refractivity contribution in [1.82, 2.24) is 10.6 Å². The van der Waals surface area contributed by atoms with Crippen molar-refractivity contribution in [3.63, 3.8) is 0 Å². The van der Waals surface area contributed by atoms with E-state index in [0.717, 1.165) is 36.8 Å². The fourth-order valence-corrected chi connectivity index (χ4v) is 3.41. The van der Waals surface area contributed by atoms with Gasteiger partial charge in [0, 0.05) is 25.2 Å². The van der Waals surface area contributed by atoms with Gasteiger partial charge in [-0.25, -0.2) is 0 Å². The number of hydrogen-bond acceptors (Lipinski definition) is 5. The van der Waals surface area contributed by atoms with Crippen LogP contribution >= 0.6 is 0 Å². The molecule has 0 amide bonds. The molecule has 0 fully saturated rings. The van der Waals surface area contributed by atoms with Crippen LogP contribution in [0.2, 0.25) is 0 Å². The van der Waals surface area contributed by atoms with Gasteiger partial charge in [-0.15, -0.1) is 0 Å². The average Bonchev–Trinajstić information content (AvgIpc) is 2.78. The van der Waals surface area contributed by atoms with Gasteiger partial charge >= 0.3 is 0 Å². The van der Waals surface area contributed by atoms with Crippen LogP contribution in [0, 0.1) is 6.92 Å². The highest BCUT2D eigenvalue weighted by molar-refractivity contribution is 5.79. The lowest BCUT2D eigenvalue weighted by Gasteiger charge is -2.16. The SMILES string of the molecule is CCNC(=NCCc1ccc(OC)c(OC)c1OC)NCCc1cc(C)ccc1OC. The van der Waals surface area contributed by atoms with Crippen LogP contribution < -0.4 is 29.6 Å².